The quantitative estimate of drug-likeness (QED) is 0.779. The van der Waals surface area contributed by atoms with Gasteiger partial charge in [-0.2, -0.15) is 0 Å². The van der Waals surface area contributed by atoms with Gasteiger partial charge in [-0.05, 0) is 23.3 Å². The Balaban J connectivity index is 1.79. The molecule has 0 spiro atoms. The van der Waals surface area contributed by atoms with Gasteiger partial charge in [0.1, 0.15) is 0 Å². The van der Waals surface area contributed by atoms with Crippen molar-refractivity contribution in [2.75, 3.05) is 0 Å². The summed E-state index contributed by atoms with van der Waals surface area (Å²) in [5.41, 5.74) is 2.65. The minimum absolute atomic E-state index is 0.444. The van der Waals surface area contributed by atoms with Gasteiger partial charge in [0.25, 0.3) is 0 Å². The number of halogens is 1. The molecule has 3 rings (SSSR count). The summed E-state index contributed by atoms with van der Waals surface area (Å²) in [5, 5.41) is 4.27. The summed E-state index contributed by atoms with van der Waals surface area (Å²) in [4.78, 5) is 0. The van der Waals surface area contributed by atoms with Crippen LogP contribution in [0.5, 0.6) is 0 Å². The third-order valence-corrected chi connectivity index (χ3v) is 3.22. The van der Waals surface area contributed by atoms with E-state index in [1.807, 2.05) is 18.2 Å². The maximum Gasteiger partial charge on any atom is 0.0523 e. The van der Waals surface area contributed by atoms with Crippen molar-refractivity contribution in [2.45, 2.75) is 12.1 Å². The van der Waals surface area contributed by atoms with E-state index in [1.54, 1.807) is 0 Å². The second kappa shape index (κ2) is 3.93. The zero-order chi connectivity index (χ0) is 11.0. The van der Waals surface area contributed by atoms with Gasteiger partial charge in [0, 0.05) is 5.02 Å². The van der Waals surface area contributed by atoms with Crippen molar-refractivity contribution in [1.82, 2.24) is 5.32 Å². The molecule has 0 aliphatic carbocycles. The third-order valence-electron chi connectivity index (χ3n) is 2.97. The number of hydrogen-bond acceptors (Lipinski definition) is 1. The topological polar surface area (TPSA) is 21.9 Å². The maximum absolute atomic E-state index is 5.87. The summed E-state index contributed by atoms with van der Waals surface area (Å²) in [5.74, 6) is 0. The molecule has 0 saturated carbocycles. The first-order valence-electron chi connectivity index (χ1n) is 5.41. The van der Waals surface area contributed by atoms with E-state index >= 15 is 0 Å². The third kappa shape index (κ3) is 1.84. The first-order chi connectivity index (χ1) is 7.84. The zero-order valence-electron chi connectivity index (χ0n) is 8.73. The van der Waals surface area contributed by atoms with E-state index in [4.69, 9.17) is 11.6 Å². The summed E-state index contributed by atoms with van der Waals surface area (Å²) in [6, 6.07) is 19.5. The highest BCUT2D eigenvalue weighted by Gasteiger charge is 2.38. The van der Waals surface area contributed by atoms with Crippen LogP contribution in [0, 0.1) is 0 Å². The molecule has 1 saturated heterocycles. The van der Waals surface area contributed by atoms with Crippen LogP contribution in [-0.2, 0) is 0 Å². The molecule has 2 heteroatoms. The lowest BCUT2D eigenvalue weighted by Gasteiger charge is -1.99. The fourth-order valence-corrected chi connectivity index (χ4v) is 2.17. The number of hydrogen-bond donors (Lipinski definition) is 1. The van der Waals surface area contributed by atoms with Gasteiger partial charge in [0.15, 0.2) is 0 Å². The van der Waals surface area contributed by atoms with Crippen LogP contribution in [0.1, 0.15) is 23.2 Å². The van der Waals surface area contributed by atoms with Gasteiger partial charge in [0.2, 0.25) is 0 Å². The largest absolute Gasteiger partial charge is 0.300 e. The van der Waals surface area contributed by atoms with Gasteiger partial charge in [-0.1, -0.05) is 54.1 Å². The van der Waals surface area contributed by atoms with Crippen LogP contribution in [-0.4, -0.2) is 0 Å². The van der Waals surface area contributed by atoms with Gasteiger partial charge in [-0.15, -0.1) is 0 Å². The lowest BCUT2D eigenvalue weighted by Crippen LogP contribution is -1.83. The summed E-state index contributed by atoms with van der Waals surface area (Å²) < 4.78 is 0. The molecule has 16 heavy (non-hydrogen) atoms. The van der Waals surface area contributed by atoms with E-state index in [2.05, 4.69) is 41.7 Å². The average Bonchev–Trinajstić information content (AvgIpc) is 3.11. The van der Waals surface area contributed by atoms with Gasteiger partial charge >= 0.3 is 0 Å². The highest BCUT2D eigenvalue weighted by Crippen LogP contribution is 2.42. The minimum atomic E-state index is 0.444. The summed E-state index contributed by atoms with van der Waals surface area (Å²) in [6.45, 7) is 0. The van der Waals surface area contributed by atoms with Crippen molar-refractivity contribution < 1.29 is 0 Å². The van der Waals surface area contributed by atoms with E-state index in [0.717, 1.165) is 5.02 Å². The minimum Gasteiger partial charge on any atom is -0.300 e. The van der Waals surface area contributed by atoms with Gasteiger partial charge < -0.3 is 0 Å². The SMILES string of the molecule is Clc1ccc([C@H]2N[C@@H]2c2ccccc2)cc1. The molecule has 0 amide bonds. The van der Waals surface area contributed by atoms with Crippen molar-refractivity contribution in [3.8, 4) is 0 Å². The number of rotatable bonds is 2. The standard InChI is InChI=1S/C14H12ClN/c15-12-8-6-11(7-9-12)14-13(16-14)10-4-2-1-3-5-10/h1-9,13-14,16H/t13-,14-/m1/s1. The molecular weight excluding hydrogens is 218 g/mol. The van der Waals surface area contributed by atoms with E-state index in [0.29, 0.717) is 12.1 Å². The molecule has 2 aromatic carbocycles. The molecule has 2 atom stereocenters. The van der Waals surface area contributed by atoms with Crippen LogP contribution in [0.2, 0.25) is 5.02 Å². The van der Waals surface area contributed by atoms with Crippen LogP contribution < -0.4 is 5.32 Å². The lowest BCUT2D eigenvalue weighted by molar-refractivity contribution is 1.03. The Labute approximate surface area is 100 Å². The molecule has 0 unspecified atom stereocenters. The van der Waals surface area contributed by atoms with Crippen LogP contribution in [0.25, 0.3) is 0 Å². The molecule has 1 nitrogen and oxygen atoms in total. The van der Waals surface area contributed by atoms with Crippen LogP contribution in [0.15, 0.2) is 54.6 Å². The van der Waals surface area contributed by atoms with Gasteiger partial charge in [-0.25, -0.2) is 0 Å². The Kier molecular flexibility index (Phi) is 2.43. The van der Waals surface area contributed by atoms with Crippen molar-refractivity contribution in [1.29, 1.82) is 0 Å². The highest BCUT2D eigenvalue weighted by atomic mass is 35.5. The number of nitrogens with one attached hydrogen (secondary N) is 1. The Hall–Kier alpha value is -1.31. The predicted molar refractivity (Wildman–Crippen MR) is 66.5 cm³/mol. The molecule has 1 heterocycles. The predicted octanol–water partition coefficient (Wildman–Crippen LogP) is 3.73. The summed E-state index contributed by atoms with van der Waals surface area (Å²) >= 11 is 5.87. The Bertz CT molecular complexity index is 478. The molecular formula is C14H12ClN. The lowest BCUT2D eigenvalue weighted by atomic mass is 10.0. The first kappa shape index (κ1) is 9.88. The fraction of sp³-hybridized carbons (Fsp3) is 0.143. The molecule has 0 aromatic heterocycles. The Morgan fingerprint density at radius 1 is 0.750 bits per heavy atom. The van der Waals surface area contributed by atoms with E-state index < -0.39 is 0 Å². The van der Waals surface area contributed by atoms with Crippen LogP contribution in [0.3, 0.4) is 0 Å². The van der Waals surface area contributed by atoms with Crippen LogP contribution in [0.4, 0.5) is 0 Å². The number of benzene rings is 2. The molecule has 0 radical (unpaired) electrons. The fourth-order valence-electron chi connectivity index (χ4n) is 2.05. The Morgan fingerprint density at radius 2 is 1.31 bits per heavy atom. The van der Waals surface area contributed by atoms with Crippen molar-refractivity contribution in [3.63, 3.8) is 0 Å². The van der Waals surface area contributed by atoms with Gasteiger partial charge in [-0.3, -0.25) is 5.32 Å². The van der Waals surface area contributed by atoms with Gasteiger partial charge in [0.05, 0.1) is 12.1 Å². The van der Waals surface area contributed by atoms with E-state index in [1.165, 1.54) is 11.1 Å². The zero-order valence-corrected chi connectivity index (χ0v) is 9.48. The second-order valence-corrected chi connectivity index (χ2v) is 4.52. The van der Waals surface area contributed by atoms with Crippen LogP contribution >= 0.6 is 11.6 Å². The summed E-state index contributed by atoms with van der Waals surface area (Å²) in [6.07, 6.45) is 0. The molecule has 1 aliphatic rings. The smallest absolute Gasteiger partial charge is 0.0523 e. The van der Waals surface area contributed by atoms with E-state index in [9.17, 15) is 0 Å². The maximum atomic E-state index is 5.87. The average molecular weight is 230 g/mol. The monoisotopic (exact) mass is 229 g/mol. The molecule has 1 N–H and O–H groups in total. The molecule has 2 aromatic rings. The normalized spacial score (nSPS) is 23.1. The molecule has 0 bridgehead atoms. The highest BCUT2D eigenvalue weighted by molar-refractivity contribution is 6.30. The first-order valence-corrected chi connectivity index (χ1v) is 5.79. The van der Waals surface area contributed by atoms with Crippen molar-refractivity contribution in [3.05, 3.63) is 70.7 Å². The van der Waals surface area contributed by atoms with E-state index in [-0.39, 0.29) is 0 Å². The van der Waals surface area contributed by atoms with Crippen molar-refractivity contribution >= 4 is 11.6 Å². The molecule has 80 valence electrons. The Morgan fingerprint density at radius 3 is 1.94 bits per heavy atom. The summed E-state index contributed by atoms with van der Waals surface area (Å²) in [7, 11) is 0. The molecule has 1 fully saturated rings. The molecule has 1 aliphatic heterocycles. The van der Waals surface area contributed by atoms with Crippen molar-refractivity contribution in [2.24, 2.45) is 0 Å². The second-order valence-electron chi connectivity index (χ2n) is 4.08.